The van der Waals surface area contributed by atoms with Gasteiger partial charge in [0.1, 0.15) is 24.3 Å². The van der Waals surface area contributed by atoms with Crippen LogP contribution in [0.2, 0.25) is 0 Å². The van der Waals surface area contributed by atoms with Gasteiger partial charge in [0.2, 0.25) is 5.88 Å². The quantitative estimate of drug-likeness (QED) is 0.419. The van der Waals surface area contributed by atoms with E-state index in [9.17, 15) is 13.6 Å². The minimum atomic E-state index is -2.53. The van der Waals surface area contributed by atoms with Crippen molar-refractivity contribution in [3.63, 3.8) is 0 Å². The van der Waals surface area contributed by atoms with Crippen molar-refractivity contribution >= 4 is 5.78 Å². The molecule has 4 aromatic rings. The zero-order valence-corrected chi connectivity index (χ0v) is 16.6. The van der Waals surface area contributed by atoms with E-state index >= 15 is 0 Å². The van der Waals surface area contributed by atoms with Gasteiger partial charge in [0.05, 0.1) is 11.4 Å². The number of ether oxygens (including phenoxy) is 1. The summed E-state index contributed by atoms with van der Waals surface area (Å²) in [6.07, 6.45) is 0.515. The Labute approximate surface area is 175 Å². The van der Waals surface area contributed by atoms with Gasteiger partial charge in [0.25, 0.3) is 6.43 Å². The van der Waals surface area contributed by atoms with E-state index in [0.717, 1.165) is 0 Å². The van der Waals surface area contributed by atoms with Gasteiger partial charge in [-0.2, -0.15) is 0 Å². The second-order valence-corrected chi connectivity index (χ2v) is 6.67. The number of carbonyl (C=O) groups excluding carboxylic acids is 1. The number of ketones is 1. The Kier molecular flexibility index (Phi) is 5.48. The Morgan fingerprint density at radius 1 is 1.10 bits per heavy atom. The molecule has 4 rings (SSSR count). The standard InChI is InChI=1S/C20H17F2N7O2/c1-12-17(29(27-24-12)15-5-3-14(4-6-15)20(21)22)10-31-19-8-7-18(25-26-19)28-9-16(13(2)30)23-11-28/h3-9,11,20H,10H2,1-2H3. The van der Waals surface area contributed by atoms with E-state index in [1.165, 1.54) is 30.1 Å². The first-order valence-electron chi connectivity index (χ1n) is 9.24. The maximum Gasteiger partial charge on any atom is 0.263 e. The molecule has 0 aliphatic rings. The zero-order chi connectivity index (χ0) is 22.0. The summed E-state index contributed by atoms with van der Waals surface area (Å²) in [5, 5.41) is 16.2. The lowest BCUT2D eigenvalue weighted by Gasteiger charge is -2.09. The number of hydrogen-bond donors (Lipinski definition) is 0. The SMILES string of the molecule is CC(=O)c1cn(-c2ccc(OCc3c(C)nnn3-c3ccc(C(F)F)cc3)nn2)cn1. The number of alkyl halides is 2. The molecule has 3 aromatic heterocycles. The molecule has 0 unspecified atom stereocenters. The van der Waals surface area contributed by atoms with Crippen LogP contribution in [0.3, 0.4) is 0 Å². The Hall–Kier alpha value is -4.02. The van der Waals surface area contributed by atoms with E-state index in [1.54, 1.807) is 42.0 Å². The number of nitrogens with zero attached hydrogens (tertiary/aromatic N) is 7. The van der Waals surface area contributed by atoms with Crippen LogP contribution in [0.4, 0.5) is 8.78 Å². The van der Waals surface area contributed by atoms with E-state index < -0.39 is 6.43 Å². The first-order valence-corrected chi connectivity index (χ1v) is 9.24. The van der Waals surface area contributed by atoms with Crippen LogP contribution in [-0.2, 0) is 6.61 Å². The maximum atomic E-state index is 12.8. The third-order valence-corrected chi connectivity index (χ3v) is 4.54. The second-order valence-electron chi connectivity index (χ2n) is 6.67. The topological polar surface area (TPSA) is 101 Å². The van der Waals surface area contributed by atoms with Crippen LogP contribution in [0, 0.1) is 6.92 Å². The van der Waals surface area contributed by atoms with Crippen molar-refractivity contribution < 1.29 is 18.3 Å². The molecule has 11 heteroatoms. The summed E-state index contributed by atoms with van der Waals surface area (Å²) in [5.41, 5.74) is 2.14. The van der Waals surface area contributed by atoms with Gasteiger partial charge in [-0.25, -0.2) is 18.4 Å². The lowest BCUT2D eigenvalue weighted by molar-refractivity contribution is 0.101. The minimum Gasteiger partial charge on any atom is -0.470 e. The van der Waals surface area contributed by atoms with Gasteiger partial charge in [-0.05, 0) is 25.1 Å². The van der Waals surface area contributed by atoms with Crippen LogP contribution in [0.1, 0.15) is 40.8 Å². The van der Waals surface area contributed by atoms with Crippen molar-refractivity contribution in [3.05, 3.63) is 71.6 Å². The number of imidazole rings is 1. The molecular formula is C20H17F2N7O2. The molecule has 0 aliphatic carbocycles. The number of hydrogen-bond acceptors (Lipinski definition) is 7. The van der Waals surface area contributed by atoms with Gasteiger partial charge in [-0.3, -0.25) is 9.36 Å². The van der Waals surface area contributed by atoms with Crippen LogP contribution >= 0.6 is 0 Å². The molecule has 0 N–H and O–H groups in total. The predicted octanol–water partition coefficient (Wildman–Crippen LogP) is 3.27. The summed E-state index contributed by atoms with van der Waals surface area (Å²) < 4.78 is 34.4. The molecule has 0 fully saturated rings. The summed E-state index contributed by atoms with van der Waals surface area (Å²) in [5.74, 6) is 0.612. The van der Waals surface area contributed by atoms with Crippen molar-refractivity contribution in [2.24, 2.45) is 0 Å². The van der Waals surface area contributed by atoms with Crippen LogP contribution < -0.4 is 4.74 Å². The summed E-state index contributed by atoms with van der Waals surface area (Å²) >= 11 is 0. The fraction of sp³-hybridized carbons (Fsp3) is 0.200. The smallest absolute Gasteiger partial charge is 0.263 e. The monoisotopic (exact) mass is 425 g/mol. The third kappa shape index (κ3) is 4.29. The summed E-state index contributed by atoms with van der Waals surface area (Å²) in [7, 11) is 0. The summed E-state index contributed by atoms with van der Waals surface area (Å²) in [4.78, 5) is 15.4. The lowest BCUT2D eigenvalue weighted by atomic mass is 10.2. The number of aromatic nitrogens is 7. The van der Waals surface area contributed by atoms with Crippen LogP contribution in [0.25, 0.3) is 11.5 Å². The molecular weight excluding hydrogens is 408 g/mol. The molecule has 0 saturated carbocycles. The van der Waals surface area contributed by atoms with Gasteiger partial charge < -0.3 is 4.74 Å². The zero-order valence-electron chi connectivity index (χ0n) is 16.6. The number of halogens is 2. The molecule has 3 heterocycles. The van der Waals surface area contributed by atoms with Crippen LogP contribution in [0.15, 0.2) is 48.9 Å². The van der Waals surface area contributed by atoms with Crippen molar-refractivity contribution in [2.45, 2.75) is 26.9 Å². The van der Waals surface area contributed by atoms with E-state index in [4.69, 9.17) is 4.74 Å². The predicted molar refractivity (Wildman–Crippen MR) is 105 cm³/mol. The molecule has 0 radical (unpaired) electrons. The third-order valence-electron chi connectivity index (χ3n) is 4.54. The Morgan fingerprint density at radius 2 is 1.87 bits per heavy atom. The Bertz CT molecular complexity index is 1200. The molecule has 0 atom stereocenters. The summed E-state index contributed by atoms with van der Waals surface area (Å²) in [6.45, 7) is 3.31. The number of benzene rings is 1. The number of Topliss-reactive ketones (excluding diaryl/α,β-unsaturated/α-hetero) is 1. The highest BCUT2D eigenvalue weighted by Crippen LogP contribution is 2.21. The van der Waals surface area contributed by atoms with Crippen LogP contribution in [0.5, 0.6) is 5.88 Å². The molecule has 0 amide bonds. The summed E-state index contributed by atoms with van der Waals surface area (Å²) in [6, 6.07) is 9.11. The van der Waals surface area contributed by atoms with Crippen molar-refractivity contribution in [1.82, 2.24) is 34.7 Å². The first-order chi connectivity index (χ1) is 14.9. The molecule has 158 valence electrons. The molecule has 9 nitrogen and oxygen atoms in total. The molecule has 1 aromatic carbocycles. The molecule has 31 heavy (non-hydrogen) atoms. The van der Waals surface area contributed by atoms with E-state index in [2.05, 4.69) is 25.5 Å². The van der Waals surface area contributed by atoms with Crippen molar-refractivity contribution in [3.8, 4) is 17.4 Å². The molecule has 0 spiro atoms. The van der Waals surface area contributed by atoms with Gasteiger partial charge in [-0.1, -0.05) is 17.3 Å². The fourth-order valence-electron chi connectivity index (χ4n) is 2.81. The number of rotatable bonds is 7. The van der Waals surface area contributed by atoms with E-state index in [-0.39, 0.29) is 23.8 Å². The van der Waals surface area contributed by atoms with Gasteiger partial charge >= 0.3 is 0 Å². The minimum absolute atomic E-state index is 0.0675. The average Bonchev–Trinajstić information content (AvgIpc) is 3.40. The lowest BCUT2D eigenvalue weighted by Crippen LogP contribution is -2.08. The van der Waals surface area contributed by atoms with Gasteiger partial charge in [0.15, 0.2) is 11.6 Å². The van der Waals surface area contributed by atoms with Crippen molar-refractivity contribution in [2.75, 3.05) is 0 Å². The van der Waals surface area contributed by atoms with Gasteiger partial charge in [-0.15, -0.1) is 15.3 Å². The van der Waals surface area contributed by atoms with Gasteiger partial charge in [0, 0.05) is 24.8 Å². The average molecular weight is 425 g/mol. The Balaban J connectivity index is 1.48. The molecule has 0 saturated heterocycles. The normalized spacial score (nSPS) is 11.1. The first kappa shape index (κ1) is 20.3. The van der Waals surface area contributed by atoms with E-state index in [1.807, 2.05) is 0 Å². The molecule has 0 aliphatic heterocycles. The Morgan fingerprint density at radius 3 is 2.48 bits per heavy atom. The maximum absolute atomic E-state index is 12.8. The fourth-order valence-corrected chi connectivity index (χ4v) is 2.81. The second kappa shape index (κ2) is 8.38. The molecule has 0 bridgehead atoms. The van der Waals surface area contributed by atoms with Crippen LogP contribution in [-0.4, -0.2) is 40.5 Å². The highest BCUT2D eigenvalue weighted by atomic mass is 19.3. The highest BCUT2D eigenvalue weighted by Gasteiger charge is 2.14. The number of aryl methyl sites for hydroxylation is 1. The number of carbonyl (C=O) groups is 1. The highest BCUT2D eigenvalue weighted by molar-refractivity contribution is 5.91. The van der Waals surface area contributed by atoms with E-state index in [0.29, 0.717) is 28.6 Å². The van der Waals surface area contributed by atoms with Crippen molar-refractivity contribution in [1.29, 1.82) is 0 Å². The largest absolute Gasteiger partial charge is 0.470 e.